The Morgan fingerprint density at radius 1 is 0.780 bits per heavy atom. The Kier molecular flexibility index (Phi) is 10.4. The fourth-order valence-electron chi connectivity index (χ4n) is 14.2. The summed E-state index contributed by atoms with van der Waals surface area (Å²) in [6, 6.07) is 11.3. The van der Waals surface area contributed by atoms with Crippen LogP contribution < -0.4 is 10.2 Å². The fourth-order valence-corrected chi connectivity index (χ4v) is 14.2. The molecule has 1 heterocycles. The lowest BCUT2D eigenvalue weighted by Crippen LogP contribution is -2.58. The van der Waals surface area contributed by atoms with Gasteiger partial charge in [0.05, 0.1) is 18.9 Å². The van der Waals surface area contributed by atoms with Gasteiger partial charge in [0, 0.05) is 30.2 Å². The summed E-state index contributed by atoms with van der Waals surface area (Å²) >= 11 is 0. The summed E-state index contributed by atoms with van der Waals surface area (Å²) in [5.41, 5.74) is 2.27. The van der Waals surface area contributed by atoms with Crippen LogP contribution in [0.25, 0.3) is 22.3 Å². The fraction of sp³-hybridized carbons (Fsp3) is 0.620. The Hall–Kier alpha value is -4.11. The summed E-state index contributed by atoms with van der Waals surface area (Å²) in [6.45, 7) is 17.2. The lowest BCUT2D eigenvalue weighted by Gasteiger charge is -2.64. The summed E-state index contributed by atoms with van der Waals surface area (Å²) in [6.07, 6.45) is 13.4. The lowest BCUT2D eigenvalue weighted by molar-refractivity contribution is -0.178. The SMILES string of the molecule is CO[C@H]1CC[C@]2(C)[C@H](CC[C@@]3(C)CC4=CC[C@@H]5C(C)(C)[C@H](OC(=O)CCC(=O)Oc6c(O)cc7oc(-c8ccccc8)cc(=O)c7c6O)CC[C@@]5(C)[C@@H]4CC[C@@H]32)C1(C)C. The molecule has 5 aliphatic rings. The number of fused-ring (bicyclic) bond motifs is 7. The van der Waals surface area contributed by atoms with Gasteiger partial charge in [-0.3, -0.25) is 14.4 Å². The highest BCUT2D eigenvalue weighted by Gasteiger charge is 2.63. The number of methoxy groups -OCH3 is 1. The van der Waals surface area contributed by atoms with Crippen LogP contribution in [-0.4, -0.2) is 41.5 Å². The molecule has 0 bridgehead atoms. The Morgan fingerprint density at radius 2 is 1.46 bits per heavy atom. The molecule has 0 aliphatic heterocycles. The Labute approximate surface area is 348 Å². The maximum Gasteiger partial charge on any atom is 0.312 e. The molecule has 1 aromatic heterocycles. The topological polar surface area (TPSA) is 132 Å². The molecule has 8 rings (SSSR count). The predicted molar refractivity (Wildman–Crippen MR) is 227 cm³/mol. The second kappa shape index (κ2) is 14.8. The highest BCUT2D eigenvalue weighted by molar-refractivity contribution is 5.91. The van der Waals surface area contributed by atoms with Crippen molar-refractivity contribution in [2.75, 3.05) is 7.11 Å². The van der Waals surface area contributed by atoms with Gasteiger partial charge in [-0.2, -0.15) is 0 Å². The summed E-state index contributed by atoms with van der Waals surface area (Å²) in [5.74, 6) is -0.733. The van der Waals surface area contributed by atoms with E-state index in [0.29, 0.717) is 46.2 Å². The van der Waals surface area contributed by atoms with Gasteiger partial charge in [-0.25, -0.2) is 0 Å². The Balaban J connectivity index is 0.917. The van der Waals surface area contributed by atoms with Crippen molar-refractivity contribution in [3.63, 3.8) is 0 Å². The standard InChI is InChI=1S/C50H64O9/c1-46(2)37-20-23-48(5)28-30-14-16-36-47(3,4)40(22-24-49(36,6)31(30)15-17-38(48)50(37,7)25-21-39(46)56-8)58-41(53)18-19-42(54)59-45-33(52)27-35-43(44(45)55)32(51)26-34(57-35)29-12-10-9-11-13-29/h9-14,26-27,31,36-40,52,55H,15-25,28H2,1-8H3/t31-,36-,37-,38+,39+,40-,48+,49+,50-/m1/s1. The molecule has 0 spiro atoms. The minimum atomic E-state index is -0.851. The van der Waals surface area contributed by atoms with E-state index in [-0.39, 0.29) is 51.9 Å². The molecule has 59 heavy (non-hydrogen) atoms. The van der Waals surface area contributed by atoms with Gasteiger partial charge < -0.3 is 28.8 Å². The molecule has 9 nitrogen and oxygen atoms in total. The number of hydrogen-bond acceptors (Lipinski definition) is 9. The van der Waals surface area contributed by atoms with Crippen molar-refractivity contribution in [2.45, 2.75) is 138 Å². The van der Waals surface area contributed by atoms with E-state index in [4.69, 9.17) is 18.6 Å². The number of allylic oxidation sites excluding steroid dienone is 2. The van der Waals surface area contributed by atoms with Crippen LogP contribution in [0.2, 0.25) is 0 Å². The smallest absolute Gasteiger partial charge is 0.312 e. The van der Waals surface area contributed by atoms with Crippen molar-refractivity contribution < 1.29 is 38.4 Å². The molecule has 2 aromatic carbocycles. The number of hydrogen-bond donors (Lipinski definition) is 2. The zero-order valence-corrected chi connectivity index (χ0v) is 36.3. The molecule has 0 amide bonds. The first-order valence-electron chi connectivity index (χ1n) is 22.0. The maximum atomic E-state index is 13.4. The molecule has 0 unspecified atom stereocenters. The minimum Gasteiger partial charge on any atom is -0.504 e. The first-order chi connectivity index (χ1) is 27.8. The number of phenolic OH excluding ortho intramolecular Hbond substituents is 2. The van der Waals surface area contributed by atoms with Crippen LogP contribution in [0.1, 0.15) is 126 Å². The van der Waals surface area contributed by atoms with E-state index in [1.165, 1.54) is 44.6 Å². The first-order valence-corrected chi connectivity index (χ1v) is 22.0. The second-order valence-electron chi connectivity index (χ2n) is 20.9. The number of esters is 2. The average molecular weight is 809 g/mol. The molecule has 9 atom stereocenters. The minimum absolute atomic E-state index is 0.0611. The van der Waals surface area contributed by atoms with Crippen LogP contribution >= 0.6 is 0 Å². The van der Waals surface area contributed by atoms with Gasteiger partial charge in [0.1, 0.15) is 22.8 Å². The number of ether oxygens (including phenoxy) is 3. The van der Waals surface area contributed by atoms with Gasteiger partial charge in [0.15, 0.2) is 16.9 Å². The van der Waals surface area contributed by atoms with E-state index in [9.17, 15) is 24.6 Å². The number of aromatic hydroxyl groups is 2. The molecule has 318 valence electrons. The molecule has 2 N–H and O–H groups in total. The highest BCUT2D eigenvalue weighted by atomic mass is 16.6. The zero-order valence-electron chi connectivity index (χ0n) is 36.3. The van der Waals surface area contributed by atoms with Crippen molar-refractivity contribution >= 4 is 22.9 Å². The van der Waals surface area contributed by atoms with Gasteiger partial charge in [0.25, 0.3) is 0 Å². The predicted octanol–water partition coefficient (Wildman–Crippen LogP) is 10.9. The Morgan fingerprint density at radius 3 is 2.19 bits per heavy atom. The van der Waals surface area contributed by atoms with Crippen molar-refractivity contribution in [2.24, 2.45) is 50.7 Å². The average Bonchev–Trinajstić information content (AvgIpc) is 3.34. The summed E-state index contributed by atoms with van der Waals surface area (Å²) < 4.78 is 23.4. The van der Waals surface area contributed by atoms with Crippen LogP contribution in [0, 0.1) is 50.7 Å². The summed E-state index contributed by atoms with van der Waals surface area (Å²) in [5, 5.41) is 21.4. The normalized spacial score (nSPS) is 34.5. The van der Waals surface area contributed by atoms with E-state index in [0.717, 1.165) is 31.7 Å². The molecule has 5 aliphatic carbocycles. The molecular weight excluding hydrogens is 745 g/mol. The van der Waals surface area contributed by atoms with Crippen LogP contribution in [-0.2, 0) is 19.1 Å². The van der Waals surface area contributed by atoms with Crippen LogP contribution in [0.3, 0.4) is 0 Å². The first kappa shape index (κ1) is 41.6. The number of benzene rings is 2. The van der Waals surface area contributed by atoms with Crippen molar-refractivity contribution in [1.29, 1.82) is 0 Å². The van der Waals surface area contributed by atoms with Crippen LogP contribution in [0.5, 0.6) is 17.2 Å². The molecule has 9 heteroatoms. The van der Waals surface area contributed by atoms with Gasteiger partial charge in [-0.15, -0.1) is 0 Å². The maximum absolute atomic E-state index is 13.4. The van der Waals surface area contributed by atoms with Gasteiger partial charge in [-0.1, -0.05) is 90.4 Å². The third-order valence-electron chi connectivity index (χ3n) is 17.1. The second-order valence-corrected chi connectivity index (χ2v) is 20.9. The van der Waals surface area contributed by atoms with E-state index in [1.54, 1.807) is 29.8 Å². The van der Waals surface area contributed by atoms with Crippen molar-refractivity contribution in [3.8, 4) is 28.6 Å². The molecule has 4 saturated carbocycles. The van der Waals surface area contributed by atoms with E-state index < -0.39 is 34.6 Å². The number of carbonyl (C=O) groups excluding carboxylic acids is 2. The molecular formula is C50H64O9. The number of rotatable bonds is 7. The van der Waals surface area contributed by atoms with E-state index in [1.807, 2.05) is 13.2 Å². The van der Waals surface area contributed by atoms with Gasteiger partial charge in [0.2, 0.25) is 5.75 Å². The molecule has 0 radical (unpaired) electrons. The van der Waals surface area contributed by atoms with Crippen LogP contribution in [0.4, 0.5) is 0 Å². The van der Waals surface area contributed by atoms with Gasteiger partial charge >= 0.3 is 11.9 Å². The third-order valence-corrected chi connectivity index (χ3v) is 17.1. The zero-order chi connectivity index (χ0) is 42.3. The number of phenols is 2. The number of carbonyl (C=O) groups is 2. The van der Waals surface area contributed by atoms with Crippen molar-refractivity contribution in [1.82, 2.24) is 0 Å². The van der Waals surface area contributed by atoms with E-state index in [2.05, 4.69) is 54.5 Å². The summed E-state index contributed by atoms with van der Waals surface area (Å²) in [7, 11) is 1.90. The lowest BCUT2D eigenvalue weighted by atomic mass is 9.42. The Bertz CT molecular complexity index is 2220. The molecule has 4 fully saturated rings. The van der Waals surface area contributed by atoms with E-state index >= 15 is 0 Å². The van der Waals surface area contributed by atoms with Gasteiger partial charge in [-0.05, 0) is 110 Å². The van der Waals surface area contributed by atoms with Crippen LogP contribution in [0.15, 0.2) is 63.3 Å². The quantitative estimate of drug-likeness (QED) is 0.136. The summed E-state index contributed by atoms with van der Waals surface area (Å²) in [4.78, 5) is 39.4. The molecule has 3 aromatic rings. The van der Waals surface area contributed by atoms with Crippen molar-refractivity contribution in [3.05, 3.63) is 64.3 Å². The molecule has 0 saturated heterocycles. The third kappa shape index (κ3) is 6.82. The largest absolute Gasteiger partial charge is 0.504 e. The monoisotopic (exact) mass is 808 g/mol. The highest BCUT2D eigenvalue weighted by Crippen LogP contribution is 2.70.